The number of hydrogen-bond donors (Lipinski definition) is 2. The first-order valence-corrected chi connectivity index (χ1v) is 7.40. The number of anilines is 1. The lowest BCUT2D eigenvalue weighted by atomic mass is 10.1. The normalized spacial score (nSPS) is 10.2. The molecule has 0 fully saturated rings. The van der Waals surface area contributed by atoms with Gasteiger partial charge in [0.25, 0.3) is 0 Å². The Morgan fingerprint density at radius 2 is 1.78 bits per heavy atom. The first-order valence-electron chi connectivity index (χ1n) is 7.40. The summed E-state index contributed by atoms with van der Waals surface area (Å²) in [5.41, 5.74) is 2.99. The van der Waals surface area contributed by atoms with Gasteiger partial charge >= 0.3 is 0 Å². The van der Waals surface area contributed by atoms with E-state index in [0.717, 1.165) is 5.56 Å². The third kappa shape index (κ3) is 5.00. The molecule has 0 bridgehead atoms. The second kappa shape index (κ2) is 8.19. The molecule has 0 saturated carbocycles. The van der Waals surface area contributed by atoms with Crippen molar-refractivity contribution in [1.82, 2.24) is 5.32 Å². The van der Waals surface area contributed by atoms with E-state index in [2.05, 4.69) is 22.8 Å². The Hall–Kier alpha value is -2.53. The molecule has 0 aromatic heterocycles. The average molecular weight is 314 g/mol. The monoisotopic (exact) mass is 314 g/mol. The van der Waals surface area contributed by atoms with Gasteiger partial charge in [0.05, 0.1) is 26.5 Å². The molecule has 0 unspecified atom stereocenters. The van der Waals surface area contributed by atoms with Crippen molar-refractivity contribution in [3.05, 3.63) is 53.6 Å². The van der Waals surface area contributed by atoms with Crippen LogP contribution < -0.4 is 20.1 Å². The van der Waals surface area contributed by atoms with Crippen molar-refractivity contribution < 1.29 is 14.3 Å². The summed E-state index contributed by atoms with van der Waals surface area (Å²) in [6.45, 7) is 2.92. The Morgan fingerprint density at radius 1 is 1.04 bits per heavy atom. The highest BCUT2D eigenvalue weighted by Crippen LogP contribution is 2.28. The van der Waals surface area contributed by atoms with Gasteiger partial charge in [0.1, 0.15) is 11.5 Å². The molecular weight excluding hydrogens is 292 g/mol. The van der Waals surface area contributed by atoms with Crippen LogP contribution in [0.1, 0.15) is 11.1 Å². The molecule has 2 N–H and O–H groups in total. The van der Waals surface area contributed by atoms with Crippen molar-refractivity contribution >= 4 is 11.6 Å². The minimum atomic E-state index is -0.124. The molecule has 0 atom stereocenters. The van der Waals surface area contributed by atoms with Crippen molar-refractivity contribution in [2.24, 2.45) is 0 Å². The second-order valence-electron chi connectivity index (χ2n) is 5.20. The van der Waals surface area contributed by atoms with E-state index in [1.807, 2.05) is 19.1 Å². The summed E-state index contributed by atoms with van der Waals surface area (Å²) < 4.78 is 10.4. The SMILES string of the molecule is COc1ccc(NC(=O)CNCc2ccc(C)cc2)c(OC)c1. The second-order valence-corrected chi connectivity index (χ2v) is 5.20. The zero-order valence-corrected chi connectivity index (χ0v) is 13.7. The summed E-state index contributed by atoms with van der Waals surface area (Å²) in [6.07, 6.45) is 0. The zero-order chi connectivity index (χ0) is 16.7. The fourth-order valence-electron chi connectivity index (χ4n) is 2.12. The fraction of sp³-hybridized carbons (Fsp3) is 0.278. The molecule has 0 spiro atoms. The van der Waals surface area contributed by atoms with Gasteiger partial charge in [-0.05, 0) is 24.6 Å². The topological polar surface area (TPSA) is 59.6 Å². The maximum Gasteiger partial charge on any atom is 0.238 e. The highest BCUT2D eigenvalue weighted by Gasteiger charge is 2.08. The minimum absolute atomic E-state index is 0.124. The highest BCUT2D eigenvalue weighted by atomic mass is 16.5. The largest absolute Gasteiger partial charge is 0.497 e. The number of nitrogens with one attached hydrogen (secondary N) is 2. The maximum absolute atomic E-state index is 12.0. The van der Waals surface area contributed by atoms with Gasteiger partial charge in [-0.25, -0.2) is 0 Å². The predicted molar refractivity (Wildman–Crippen MR) is 91.1 cm³/mol. The molecule has 122 valence electrons. The zero-order valence-electron chi connectivity index (χ0n) is 13.7. The Morgan fingerprint density at radius 3 is 2.43 bits per heavy atom. The summed E-state index contributed by atoms with van der Waals surface area (Å²) in [7, 11) is 3.14. The number of carbonyl (C=O) groups is 1. The van der Waals surface area contributed by atoms with Gasteiger partial charge in [0.15, 0.2) is 0 Å². The minimum Gasteiger partial charge on any atom is -0.497 e. The summed E-state index contributed by atoms with van der Waals surface area (Å²) in [6, 6.07) is 13.5. The Bertz CT molecular complexity index is 654. The highest BCUT2D eigenvalue weighted by molar-refractivity contribution is 5.93. The number of ether oxygens (including phenoxy) is 2. The fourth-order valence-corrected chi connectivity index (χ4v) is 2.12. The van der Waals surface area contributed by atoms with Crippen molar-refractivity contribution in [3.63, 3.8) is 0 Å². The van der Waals surface area contributed by atoms with Gasteiger partial charge in [0.2, 0.25) is 5.91 Å². The molecule has 0 aliphatic carbocycles. The van der Waals surface area contributed by atoms with Gasteiger partial charge in [-0.3, -0.25) is 4.79 Å². The lowest BCUT2D eigenvalue weighted by molar-refractivity contribution is -0.115. The maximum atomic E-state index is 12.0. The van der Waals surface area contributed by atoms with Crippen LogP contribution in [-0.2, 0) is 11.3 Å². The van der Waals surface area contributed by atoms with E-state index in [1.165, 1.54) is 5.56 Å². The Kier molecular flexibility index (Phi) is 6.00. The number of carbonyl (C=O) groups excluding carboxylic acids is 1. The molecule has 5 nitrogen and oxygen atoms in total. The molecule has 0 heterocycles. The van der Waals surface area contributed by atoms with Crippen LogP contribution in [0.3, 0.4) is 0 Å². The number of amides is 1. The van der Waals surface area contributed by atoms with E-state index in [4.69, 9.17) is 9.47 Å². The number of hydrogen-bond acceptors (Lipinski definition) is 4. The first-order chi connectivity index (χ1) is 11.1. The first kappa shape index (κ1) is 16.8. The van der Waals surface area contributed by atoms with Crippen molar-refractivity contribution in [2.45, 2.75) is 13.5 Å². The van der Waals surface area contributed by atoms with E-state index in [9.17, 15) is 4.79 Å². The van der Waals surface area contributed by atoms with Crippen LogP contribution in [-0.4, -0.2) is 26.7 Å². The van der Waals surface area contributed by atoms with Crippen LogP contribution in [0.25, 0.3) is 0 Å². The van der Waals surface area contributed by atoms with E-state index < -0.39 is 0 Å². The van der Waals surface area contributed by atoms with Crippen LogP contribution in [0, 0.1) is 6.92 Å². The van der Waals surface area contributed by atoms with Gasteiger partial charge in [-0.2, -0.15) is 0 Å². The van der Waals surface area contributed by atoms with E-state index >= 15 is 0 Å². The summed E-state index contributed by atoms with van der Waals surface area (Å²) >= 11 is 0. The lowest BCUT2D eigenvalue weighted by Crippen LogP contribution is -2.27. The van der Waals surface area contributed by atoms with Gasteiger partial charge in [0, 0.05) is 12.6 Å². The number of aryl methyl sites for hydroxylation is 1. The van der Waals surface area contributed by atoms with E-state index in [0.29, 0.717) is 23.7 Å². The standard InChI is InChI=1S/C18H22N2O3/c1-13-4-6-14(7-5-13)11-19-12-18(21)20-16-9-8-15(22-2)10-17(16)23-3/h4-10,19H,11-12H2,1-3H3,(H,20,21). The number of benzene rings is 2. The van der Waals surface area contributed by atoms with Crippen LogP contribution in [0.4, 0.5) is 5.69 Å². The van der Waals surface area contributed by atoms with Crippen LogP contribution in [0.15, 0.2) is 42.5 Å². The van der Waals surface area contributed by atoms with Crippen molar-refractivity contribution in [1.29, 1.82) is 0 Å². The van der Waals surface area contributed by atoms with Crippen molar-refractivity contribution in [3.8, 4) is 11.5 Å². The third-order valence-corrected chi connectivity index (χ3v) is 3.42. The molecule has 0 aliphatic heterocycles. The molecule has 0 saturated heterocycles. The van der Waals surface area contributed by atoms with E-state index in [-0.39, 0.29) is 12.5 Å². The summed E-state index contributed by atoms with van der Waals surface area (Å²) in [5, 5.41) is 5.95. The summed E-state index contributed by atoms with van der Waals surface area (Å²) in [5.74, 6) is 1.12. The molecule has 1 amide bonds. The lowest BCUT2D eigenvalue weighted by Gasteiger charge is -2.12. The quantitative estimate of drug-likeness (QED) is 0.825. The molecule has 0 aliphatic rings. The number of methoxy groups -OCH3 is 2. The third-order valence-electron chi connectivity index (χ3n) is 3.42. The van der Waals surface area contributed by atoms with Gasteiger partial charge in [-0.15, -0.1) is 0 Å². The Labute approximate surface area is 136 Å². The molecule has 5 heteroatoms. The smallest absolute Gasteiger partial charge is 0.238 e. The molecular formula is C18H22N2O3. The molecule has 23 heavy (non-hydrogen) atoms. The van der Waals surface area contributed by atoms with E-state index in [1.54, 1.807) is 32.4 Å². The average Bonchev–Trinajstić information content (AvgIpc) is 2.57. The van der Waals surface area contributed by atoms with Crippen LogP contribution in [0.5, 0.6) is 11.5 Å². The predicted octanol–water partition coefficient (Wildman–Crippen LogP) is 2.74. The molecule has 2 aromatic rings. The number of rotatable bonds is 7. The summed E-state index contributed by atoms with van der Waals surface area (Å²) in [4.78, 5) is 12.0. The Balaban J connectivity index is 1.86. The van der Waals surface area contributed by atoms with Gasteiger partial charge < -0.3 is 20.1 Å². The van der Waals surface area contributed by atoms with Gasteiger partial charge in [-0.1, -0.05) is 29.8 Å². The molecule has 2 rings (SSSR count). The molecule has 2 aromatic carbocycles. The van der Waals surface area contributed by atoms with Crippen LogP contribution in [0.2, 0.25) is 0 Å². The van der Waals surface area contributed by atoms with Crippen LogP contribution >= 0.6 is 0 Å². The van der Waals surface area contributed by atoms with Crippen molar-refractivity contribution in [2.75, 3.05) is 26.1 Å². The molecule has 0 radical (unpaired) electrons.